The van der Waals surface area contributed by atoms with Crippen molar-refractivity contribution in [2.24, 2.45) is 7.05 Å². The van der Waals surface area contributed by atoms with Gasteiger partial charge in [-0.3, -0.25) is 0 Å². The molecule has 0 radical (unpaired) electrons. The molecule has 96 valence electrons. The molecule has 0 saturated carbocycles. The number of rotatable bonds is 2. The van der Waals surface area contributed by atoms with E-state index in [4.69, 9.17) is 10.8 Å². The van der Waals surface area contributed by atoms with Crippen LogP contribution < -0.4 is 5.73 Å². The lowest BCUT2D eigenvalue weighted by molar-refractivity contribution is 0.0703. The van der Waals surface area contributed by atoms with Crippen LogP contribution >= 0.6 is 11.3 Å². The molecule has 0 unspecified atom stereocenters. The average Bonchev–Trinajstić information content (AvgIpc) is 2.91. The summed E-state index contributed by atoms with van der Waals surface area (Å²) in [6, 6.07) is 9.75. The van der Waals surface area contributed by atoms with E-state index in [1.165, 1.54) is 11.3 Å². The topological polar surface area (TPSA) is 68.2 Å². The fraction of sp³-hybridized carbons (Fsp3) is 0.0714. The highest BCUT2D eigenvalue weighted by Gasteiger charge is 2.16. The molecule has 0 aliphatic heterocycles. The maximum Gasteiger partial charge on any atom is 0.348 e. The van der Waals surface area contributed by atoms with Gasteiger partial charge in [0.15, 0.2) is 0 Å². The van der Waals surface area contributed by atoms with E-state index in [0.29, 0.717) is 5.69 Å². The number of para-hydroxylation sites is 1. The standard InChI is InChI=1S/C14H12N2O2S/c1-16-7-9(8-4-2-3-5-11(8)16)12-6-10(15)13(19-12)14(17)18/h2-7H,15H2,1H3,(H,17,18). The predicted molar refractivity (Wildman–Crippen MR) is 77.6 cm³/mol. The third kappa shape index (κ3) is 1.79. The second-order valence-electron chi connectivity index (χ2n) is 4.37. The van der Waals surface area contributed by atoms with Crippen molar-refractivity contribution < 1.29 is 9.90 Å². The molecule has 3 aromatic rings. The summed E-state index contributed by atoms with van der Waals surface area (Å²) in [4.78, 5) is 12.1. The summed E-state index contributed by atoms with van der Waals surface area (Å²) < 4.78 is 2.03. The van der Waals surface area contributed by atoms with Crippen molar-refractivity contribution in [1.29, 1.82) is 0 Å². The number of aryl methyl sites for hydroxylation is 1. The highest BCUT2D eigenvalue weighted by Crippen LogP contribution is 2.37. The SMILES string of the molecule is Cn1cc(-c2cc(N)c(C(=O)O)s2)c2ccccc21. The summed E-state index contributed by atoms with van der Waals surface area (Å²) >= 11 is 1.21. The molecular weight excluding hydrogens is 260 g/mol. The molecule has 0 aliphatic rings. The number of nitrogens with zero attached hydrogens (tertiary/aromatic N) is 1. The van der Waals surface area contributed by atoms with E-state index >= 15 is 0 Å². The number of anilines is 1. The smallest absolute Gasteiger partial charge is 0.348 e. The number of thiophene rings is 1. The van der Waals surface area contributed by atoms with Gasteiger partial charge in [0.05, 0.1) is 5.69 Å². The van der Waals surface area contributed by atoms with Crippen molar-refractivity contribution in [3.63, 3.8) is 0 Å². The first-order chi connectivity index (χ1) is 9.08. The molecule has 0 saturated heterocycles. The zero-order valence-electron chi connectivity index (χ0n) is 10.3. The molecule has 0 atom stereocenters. The molecule has 4 nitrogen and oxygen atoms in total. The lowest BCUT2D eigenvalue weighted by Crippen LogP contribution is -1.96. The number of nitrogens with two attached hydrogens (primary N) is 1. The minimum absolute atomic E-state index is 0.197. The molecule has 1 aromatic carbocycles. The lowest BCUT2D eigenvalue weighted by Gasteiger charge is -1.94. The maximum absolute atomic E-state index is 11.1. The first-order valence-electron chi connectivity index (χ1n) is 5.75. The maximum atomic E-state index is 11.1. The molecule has 3 N–H and O–H groups in total. The van der Waals surface area contributed by atoms with Crippen molar-refractivity contribution in [3.8, 4) is 10.4 Å². The molecule has 0 amide bonds. The van der Waals surface area contributed by atoms with Gasteiger partial charge in [0.2, 0.25) is 0 Å². The normalized spacial score (nSPS) is 11.0. The summed E-state index contributed by atoms with van der Waals surface area (Å²) in [7, 11) is 1.97. The average molecular weight is 272 g/mol. The largest absolute Gasteiger partial charge is 0.477 e. The molecule has 2 heterocycles. The van der Waals surface area contributed by atoms with Gasteiger partial charge in [-0.05, 0) is 12.1 Å². The molecule has 0 spiro atoms. The fourth-order valence-corrected chi connectivity index (χ4v) is 3.19. The Kier molecular flexibility index (Phi) is 2.57. The first kappa shape index (κ1) is 11.8. The Bertz CT molecular complexity index is 786. The van der Waals surface area contributed by atoms with Gasteiger partial charge in [0.1, 0.15) is 4.88 Å². The monoisotopic (exact) mass is 272 g/mol. The van der Waals surface area contributed by atoms with E-state index < -0.39 is 5.97 Å². The third-order valence-electron chi connectivity index (χ3n) is 3.12. The van der Waals surface area contributed by atoms with E-state index in [-0.39, 0.29) is 4.88 Å². The second kappa shape index (κ2) is 4.13. The Labute approximate surface area is 113 Å². The molecule has 0 fully saturated rings. The molecule has 5 heteroatoms. The van der Waals surface area contributed by atoms with Gasteiger partial charge in [-0.15, -0.1) is 11.3 Å². The van der Waals surface area contributed by atoms with Crippen LogP contribution in [0.1, 0.15) is 9.67 Å². The number of hydrogen-bond donors (Lipinski definition) is 2. The molecule has 3 rings (SSSR count). The van der Waals surface area contributed by atoms with E-state index in [1.807, 2.05) is 42.1 Å². The summed E-state index contributed by atoms with van der Waals surface area (Å²) in [6.45, 7) is 0. The Morgan fingerprint density at radius 1 is 1.37 bits per heavy atom. The number of carboxylic acids is 1. The lowest BCUT2D eigenvalue weighted by atomic mass is 10.1. The summed E-state index contributed by atoms with van der Waals surface area (Å²) in [6.07, 6.45) is 2.00. The van der Waals surface area contributed by atoms with Crippen molar-refractivity contribution in [3.05, 3.63) is 41.4 Å². The van der Waals surface area contributed by atoms with Crippen molar-refractivity contribution in [2.45, 2.75) is 0 Å². The van der Waals surface area contributed by atoms with Crippen LogP contribution in [-0.4, -0.2) is 15.6 Å². The van der Waals surface area contributed by atoms with E-state index in [1.54, 1.807) is 6.07 Å². The summed E-state index contributed by atoms with van der Waals surface area (Å²) in [5.74, 6) is -0.978. The number of carbonyl (C=O) groups is 1. The van der Waals surface area contributed by atoms with E-state index in [9.17, 15) is 4.79 Å². The quantitative estimate of drug-likeness (QED) is 0.752. The van der Waals surface area contributed by atoms with Crippen LogP contribution in [0.4, 0.5) is 5.69 Å². The molecular formula is C14H12N2O2S. The fourth-order valence-electron chi connectivity index (χ4n) is 2.24. The number of benzene rings is 1. The molecule has 0 aliphatic carbocycles. The summed E-state index contributed by atoms with van der Waals surface area (Å²) in [5, 5.41) is 10.2. The zero-order chi connectivity index (χ0) is 13.6. The second-order valence-corrected chi connectivity index (χ2v) is 5.42. The Morgan fingerprint density at radius 3 is 2.79 bits per heavy atom. The van der Waals surface area contributed by atoms with Crippen LogP contribution in [0, 0.1) is 0 Å². The number of fused-ring (bicyclic) bond motifs is 1. The Hall–Kier alpha value is -2.27. The number of nitrogen functional groups attached to an aromatic ring is 1. The van der Waals surface area contributed by atoms with Crippen LogP contribution in [0.2, 0.25) is 0 Å². The van der Waals surface area contributed by atoms with Crippen LogP contribution in [0.5, 0.6) is 0 Å². The van der Waals surface area contributed by atoms with Gasteiger partial charge >= 0.3 is 5.97 Å². The van der Waals surface area contributed by atoms with Gasteiger partial charge in [-0.1, -0.05) is 18.2 Å². The van der Waals surface area contributed by atoms with Crippen molar-refractivity contribution >= 4 is 33.9 Å². The number of carboxylic acid groups (broad SMARTS) is 1. The molecule has 2 aromatic heterocycles. The van der Waals surface area contributed by atoms with Crippen LogP contribution in [-0.2, 0) is 7.05 Å². The van der Waals surface area contributed by atoms with Crippen LogP contribution in [0.15, 0.2) is 36.5 Å². The third-order valence-corrected chi connectivity index (χ3v) is 4.29. The summed E-state index contributed by atoms with van der Waals surface area (Å²) in [5.41, 5.74) is 8.20. The van der Waals surface area contributed by atoms with Crippen molar-refractivity contribution in [2.75, 3.05) is 5.73 Å². The van der Waals surface area contributed by atoms with Gasteiger partial charge in [0, 0.05) is 34.6 Å². The van der Waals surface area contributed by atoms with Gasteiger partial charge in [-0.25, -0.2) is 4.79 Å². The minimum Gasteiger partial charge on any atom is -0.477 e. The zero-order valence-corrected chi connectivity index (χ0v) is 11.1. The highest BCUT2D eigenvalue weighted by molar-refractivity contribution is 7.18. The number of aromatic nitrogens is 1. The Morgan fingerprint density at radius 2 is 2.11 bits per heavy atom. The van der Waals surface area contributed by atoms with E-state index in [0.717, 1.165) is 21.3 Å². The molecule has 19 heavy (non-hydrogen) atoms. The van der Waals surface area contributed by atoms with Gasteiger partial charge in [-0.2, -0.15) is 0 Å². The highest BCUT2D eigenvalue weighted by atomic mass is 32.1. The van der Waals surface area contributed by atoms with Crippen molar-refractivity contribution in [1.82, 2.24) is 4.57 Å². The predicted octanol–water partition coefficient (Wildman–Crippen LogP) is 3.19. The van der Waals surface area contributed by atoms with Gasteiger partial charge < -0.3 is 15.4 Å². The number of aromatic carboxylic acids is 1. The van der Waals surface area contributed by atoms with Crippen LogP contribution in [0.3, 0.4) is 0 Å². The Balaban J connectivity index is 2.25. The molecule has 0 bridgehead atoms. The first-order valence-corrected chi connectivity index (χ1v) is 6.56. The van der Waals surface area contributed by atoms with Gasteiger partial charge in [0.25, 0.3) is 0 Å². The number of hydrogen-bond acceptors (Lipinski definition) is 3. The van der Waals surface area contributed by atoms with Crippen LogP contribution in [0.25, 0.3) is 21.3 Å². The van der Waals surface area contributed by atoms with E-state index in [2.05, 4.69) is 0 Å². The minimum atomic E-state index is -0.978.